The molecule has 0 aliphatic carbocycles. The van der Waals surface area contributed by atoms with E-state index in [1.807, 2.05) is 36.5 Å². The average molecular weight is 319 g/mol. The van der Waals surface area contributed by atoms with Gasteiger partial charge < -0.3 is 10.3 Å². The first-order valence-corrected chi connectivity index (χ1v) is 7.13. The molecule has 0 atom stereocenters. The first-order valence-electron chi connectivity index (χ1n) is 6.37. The Morgan fingerprint density at radius 2 is 1.90 bits per heavy atom. The van der Waals surface area contributed by atoms with Crippen molar-refractivity contribution in [2.45, 2.75) is 6.54 Å². The van der Waals surface area contributed by atoms with E-state index in [1.165, 1.54) is 0 Å². The van der Waals surface area contributed by atoms with Gasteiger partial charge in [0.25, 0.3) is 0 Å². The smallest absolute Gasteiger partial charge is 0.248 e. The summed E-state index contributed by atoms with van der Waals surface area (Å²) >= 11 is 12.2. The highest BCUT2D eigenvalue weighted by Crippen LogP contribution is 2.24. The van der Waals surface area contributed by atoms with Crippen LogP contribution in [-0.2, 0) is 6.54 Å². The quantitative estimate of drug-likeness (QED) is 0.776. The van der Waals surface area contributed by atoms with E-state index in [-0.39, 0.29) is 0 Å². The second-order valence-electron chi connectivity index (χ2n) is 4.82. The van der Waals surface area contributed by atoms with Crippen LogP contribution in [0.15, 0.2) is 48.7 Å². The highest BCUT2D eigenvalue weighted by Gasteiger charge is 2.08. The molecular formula is C16H12Cl2N2O. The fourth-order valence-corrected chi connectivity index (χ4v) is 2.74. The molecule has 3 nitrogen and oxygen atoms in total. The Labute approximate surface area is 131 Å². The number of benzene rings is 2. The molecule has 3 rings (SSSR count). The van der Waals surface area contributed by atoms with Crippen LogP contribution in [0, 0.1) is 0 Å². The van der Waals surface area contributed by atoms with Crippen molar-refractivity contribution < 1.29 is 4.79 Å². The molecule has 0 radical (unpaired) electrons. The largest absolute Gasteiger partial charge is 0.366 e. The number of hydrogen-bond donors (Lipinski definition) is 1. The molecule has 0 saturated carbocycles. The molecule has 0 spiro atoms. The zero-order chi connectivity index (χ0) is 15.0. The Morgan fingerprint density at radius 1 is 1.10 bits per heavy atom. The number of amides is 1. The average Bonchev–Trinajstić information content (AvgIpc) is 2.83. The van der Waals surface area contributed by atoms with Crippen molar-refractivity contribution in [1.82, 2.24) is 4.57 Å². The maximum absolute atomic E-state index is 11.1. The lowest BCUT2D eigenvalue weighted by Crippen LogP contribution is -2.11. The van der Waals surface area contributed by atoms with Crippen molar-refractivity contribution in [2.24, 2.45) is 5.73 Å². The predicted octanol–water partition coefficient (Wildman–Crippen LogP) is 4.10. The van der Waals surface area contributed by atoms with Gasteiger partial charge in [0.15, 0.2) is 0 Å². The zero-order valence-corrected chi connectivity index (χ0v) is 12.5. The maximum atomic E-state index is 11.1. The minimum atomic E-state index is -0.482. The fraction of sp³-hybridized carbons (Fsp3) is 0.0625. The van der Waals surface area contributed by atoms with Gasteiger partial charge in [0, 0.05) is 39.3 Å². The molecule has 0 unspecified atom stereocenters. The summed E-state index contributed by atoms with van der Waals surface area (Å²) in [4.78, 5) is 11.1. The van der Waals surface area contributed by atoms with E-state index >= 15 is 0 Å². The fourth-order valence-electron chi connectivity index (χ4n) is 2.32. The van der Waals surface area contributed by atoms with Gasteiger partial charge in [-0.25, -0.2) is 0 Å². The van der Waals surface area contributed by atoms with Crippen molar-refractivity contribution in [3.8, 4) is 0 Å². The van der Waals surface area contributed by atoms with Gasteiger partial charge >= 0.3 is 0 Å². The van der Waals surface area contributed by atoms with E-state index in [2.05, 4.69) is 4.57 Å². The number of carbonyl (C=O) groups excluding carboxylic acids is 1. The molecule has 106 valence electrons. The summed E-state index contributed by atoms with van der Waals surface area (Å²) in [6.45, 7) is 0.614. The van der Waals surface area contributed by atoms with E-state index in [1.54, 1.807) is 12.1 Å². The molecule has 3 aromatic rings. The minimum Gasteiger partial charge on any atom is -0.366 e. The number of halogens is 2. The maximum Gasteiger partial charge on any atom is 0.248 e. The van der Waals surface area contributed by atoms with Gasteiger partial charge in [0.05, 0.1) is 0 Å². The first kappa shape index (κ1) is 14.0. The molecule has 1 aromatic heterocycles. The lowest BCUT2D eigenvalue weighted by atomic mass is 10.1. The third kappa shape index (κ3) is 2.75. The number of carbonyl (C=O) groups is 1. The van der Waals surface area contributed by atoms with Crippen molar-refractivity contribution >= 4 is 40.0 Å². The number of nitrogens with two attached hydrogens (primary N) is 1. The summed E-state index contributed by atoms with van der Waals surface area (Å²) in [6.07, 6.45) is 1.99. The topological polar surface area (TPSA) is 48.0 Å². The molecule has 0 saturated heterocycles. The molecule has 0 fully saturated rings. The van der Waals surface area contributed by atoms with Crippen LogP contribution in [0.2, 0.25) is 10.0 Å². The van der Waals surface area contributed by atoms with Crippen molar-refractivity contribution in [3.63, 3.8) is 0 Å². The van der Waals surface area contributed by atoms with Gasteiger partial charge in [0.2, 0.25) is 5.91 Å². The molecule has 21 heavy (non-hydrogen) atoms. The first-order chi connectivity index (χ1) is 10.0. The van der Waals surface area contributed by atoms with Crippen molar-refractivity contribution in [2.75, 3.05) is 0 Å². The van der Waals surface area contributed by atoms with Crippen LogP contribution in [0.5, 0.6) is 0 Å². The van der Waals surface area contributed by atoms with E-state index in [4.69, 9.17) is 28.9 Å². The van der Waals surface area contributed by atoms with Crippen molar-refractivity contribution in [1.29, 1.82) is 0 Å². The number of primary amides is 1. The summed E-state index contributed by atoms with van der Waals surface area (Å²) in [6, 6.07) is 12.9. The van der Waals surface area contributed by atoms with E-state index in [0.717, 1.165) is 16.5 Å². The van der Waals surface area contributed by atoms with Crippen LogP contribution < -0.4 is 5.73 Å². The summed E-state index contributed by atoms with van der Waals surface area (Å²) < 4.78 is 2.08. The summed E-state index contributed by atoms with van der Waals surface area (Å²) in [7, 11) is 0. The molecule has 1 amide bonds. The van der Waals surface area contributed by atoms with Gasteiger partial charge in [-0.3, -0.25) is 4.79 Å². The SMILES string of the molecule is NC(=O)c1ccc(Cn2ccc3cc(Cl)ccc32)c(Cl)c1. The van der Waals surface area contributed by atoms with E-state index in [0.29, 0.717) is 22.2 Å². The third-order valence-corrected chi connectivity index (χ3v) is 4.00. The highest BCUT2D eigenvalue weighted by molar-refractivity contribution is 6.32. The molecule has 5 heteroatoms. The molecule has 0 bridgehead atoms. The monoisotopic (exact) mass is 318 g/mol. The number of fused-ring (bicyclic) bond motifs is 1. The van der Waals surface area contributed by atoms with Crippen LogP contribution in [0.1, 0.15) is 15.9 Å². The molecular weight excluding hydrogens is 307 g/mol. The van der Waals surface area contributed by atoms with Crippen molar-refractivity contribution in [3.05, 3.63) is 69.8 Å². The van der Waals surface area contributed by atoms with Gasteiger partial charge in [-0.05, 0) is 42.0 Å². The van der Waals surface area contributed by atoms with Crippen LogP contribution >= 0.6 is 23.2 Å². The number of aromatic nitrogens is 1. The van der Waals surface area contributed by atoms with Gasteiger partial charge in [0.1, 0.15) is 0 Å². The summed E-state index contributed by atoms with van der Waals surface area (Å²) in [5, 5.41) is 2.32. The molecule has 0 aliphatic heterocycles. The molecule has 1 heterocycles. The third-order valence-electron chi connectivity index (χ3n) is 3.41. The van der Waals surface area contributed by atoms with E-state index in [9.17, 15) is 4.79 Å². The zero-order valence-electron chi connectivity index (χ0n) is 11.0. The Morgan fingerprint density at radius 3 is 2.62 bits per heavy atom. The minimum absolute atomic E-state index is 0.410. The second-order valence-corrected chi connectivity index (χ2v) is 5.66. The standard InChI is InChI=1S/C16H12Cl2N2O/c17-13-3-4-15-10(7-13)5-6-20(15)9-12-2-1-11(16(19)21)8-14(12)18/h1-8H,9H2,(H2,19,21). The van der Waals surface area contributed by atoms with Crippen LogP contribution in [0.4, 0.5) is 0 Å². The lowest BCUT2D eigenvalue weighted by Gasteiger charge is -2.09. The second kappa shape index (κ2) is 5.43. The van der Waals surface area contributed by atoms with Gasteiger partial charge in [-0.2, -0.15) is 0 Å². The molecule has 2 N–H and O–H groups in total. The summed E-state index contributed by atoms with van der Waals surface area (Å²) in [5.74, 6) is -0.482. The Balaban J connectivity index is 1.97. The predicted molar refractivity (Wildman–Crippen MR) is 86.0 cm³/mol. The number of nitrogens with zero attached hydrogens (tertiary/aromatic N) is 1. The molecule has 2 aromatic carbocycles. The van der Waals surface area contributed by atoms with E-state index < -0.39 is 5.91 Å². The Kier molecular flexibility index (Phi) is 3.62. The Hall–Kier alpha value is -1.97. The number of hydrogen-bond acceptors (Lipinski definition) is 1. The Bertz CT molecular complexity index is 839. The van der Waals surface area contributed by atoms with Gasteiger partial charge in [-0.1, -0.05) is 29.3 Å². The normalized spacial score (nSPS) is 11.0. The molecule has 0 aliphatic rings. The van der Waals surface area contributed by atoms with Gasteiger partial charge in [-0.15, -0.1) is 0 Å². The van der Waals surface area contributed by atoms with Crippen LogP contribution in [0.25, 0.3) is 10.9 Å². The summed E-state index contributed by atoms with van der Waals surface area (Å²) in [5.41, 5.74) is 7.66. The highest BCUT2D eigenvalue weighted by atomic mass is 35.5. The lowest BCUT2D eigenvalue weighted by molar-refractivity contribution is 0.100. The number of rotatable bonds is 3. The van der Waals surface area contributed by atoms with Crippen LogP contribution in [-0.4, -0.2) is 10.5 Å². The van der Waals surface area contributed by atoms with Crippen LogP contribution in [0.3, 0.4) is 0 Å².